The normalized spacial score (nSPS) is 10.2. The number of anilines is 1. The Morgan fingerprint density at radius 3 is 2.89 bits per heavy atom. The third kappa shape index (κ3) is 2.65. The first kappa shape index (κ1) is 12.5. The summed E-state index contributed by atoms with van der Waals surface area (Å²) in [5.74, 6) is -0.949. The summed E-state index contributed by atoms with van der Waals surface area (Å²) in [7, 11) is 0. The monoisotopic (exact) mass is 264 g/mol. The van der Waals surface area contributed by atoms with E-state index in [9.17, 15) is 9.18 Å². The predicted octanol–water partition coefficient (Wildman–Crippen LogP) is 3.43. The maximum atomic E-state index is 13.7. The SMILES string of the molecule is Cc1cccc(NC(=O)c2cc(Cl)ccn2)c1F. The summed E-state index contributed by atoms with van der Waals surface area (Å²) in [5, 5.41) is 2.86. The minimum Gasteiger partial charge on any atom is -0.318 e. The number of rotatable bonds is 2. The lowest BCUT2D eigenvalue weighted by atomic mass is 10.2. The van der Waals surface area contributed by atoms with Crippen molar-refractivity contribution in [1.82, 2.24) is 4.98 Å². The van der Waals surface area contributed by atoms with Gasteiger partial charge in [0.15, 0.2) is 0 Å². The fourth-order valence-electron chi connectivity index (χ4n) is 1.46. The number of nitrogens with one attached hydrogen (secondary N) is 1. The fourth-order valence-corrected chi connectivity index (χ4v) is 1.62. The Bertz CT molecular complexity index is 601. The van der Waals surface area contributed by atoms with Gasteiger partial charge in [0.2, 0.25) is 0 Å². The van der Waals surface area contributed by atoms with Crippen LogP contribution in [-0.4, -0.2) is 10.9 Å². The number of nitrogens with zero attached hydrogens (tertiary/aromatic N) is 1. The van der Waals surface area contributed by atoms with E-state index in [4.69, 9.17) is 11.6 Å². The van der Waals surface area contributed by atoms with Crippen LogP contribution >= 0.6 is 11.6 Å². The largest absolute Gasteiger partial charge is 0.318 e. The zero-order valence-electron chi connectivity index (χ0n) is 9.58. The molecule has 0 aliphatic rings. The molecule has 92 valence electrons. The highest BCUT2D eigenvalue weighted by molar-refractivity contribution is 6.30. The van der Waals surface area contributed by atoms with Crippen molar-refractivity contribution in [1.29, 1.82) is 0 Å². The molecule has 0 spiro atoms. The van der Waals surface area contributed by atoms with E-state index in [1.807, 2.05) is 0 Å². The Morgan fingerprint density at radius 2 is 2.17 bits per heavy atom. The molecule has 1 amide bonds. The van der Waals surface area contributed by atoms with Crippen molar-refractivity contribution in [2.24, 2.45) is 0 Å². The van der Waals surface area contributed by atoms with Gasteiger partial charge in [-0.15, -0.1) is 0 Å². The van der Waals surface area contributed by atoms with Gasteiger partial charge in [0, 0.05) is 11.2 Å². The average Bonchev–Trinajstić information content (AvgIpc) is 2.35. The van der Waals surface area contributed by atoms with E-state index in [0.717, 1.165) is 0 Å². The third-order valence-electron chi connectivity index (χ3n) is 2.39. The quantitative estimate of drug-likeness (QED) is 0.903. The molecule has 3 nitrogen and oxygen atoms in total. The van der Waals surface area contributed by atoms with Gasteiger partial charge in [0.1, 0.15) is 11.5 Å². The first-order valence-corrected chi connectivity index (χ1v) is 5.64. The highest BCUT2D eigenvalue weighted by Gasteiger charge is 2.11. The second kappa shape index (κ2) is 5.14. The summed E-state index contributed by atoms with van der Waals surface area (Å²) >= 11 is 5.75. The molecule has 0 saturated carbocycles. The summed E-state index contributed by atoms with van der Waals surface area (Å²) < 4.78 is 13.7. The zero-order valence-corrected chi connectivity index (χ0v) is 10.3. The first-order chi connectivity index (χ1) is 8.58. The van der Waals surface area contributed by atoms with Crippen LogP contribution in [0.2, 0.25) is 5.02 Å². The first-order valence-electron chi connectivity index (χ1n) is 5.26. The van der Waals surface area contributed by atoms with Crippen LogP contribution in [0.5, 0.6) is 0 Å². The molecule has 1 N–H and O–H groups in total. The summed E-state index contributed by atoms with van der Waals surface area (Å²) in [6, 6.07) is 7.77. The Kier molecular flexibility index (Phi) is 3.58. The van der Waals surface area contributed by atoms with E-state index in [1.54, 1.807) is 25.1 Å². The van der Waals surface area contributed by atoms with Gasteiger partial charge in [-0.1, -0.05) is 23.7 Å². The van der Waals surface area contributed by atoms with Gasteiger partial charge in [-0.25, -0.2) is 4.39 Å². The molecule has 18 heavy (non-hydrogen) atoms. The number of pyridine rings is 1. The van der Waals surface area contributed by atoms with Gasteiger partial charge in [-0.05, 0) is 30.7 Å². The molecule has 0 atom stereocenters. The van der Waals surface area contributed by atoms with Gasteiger partial charge in [-0.2, -0.15) is 0 Å². The molecular formula is C13H10ClFN2O. The van der Waals surface area contributed by atoms with Gasteiger partial charge in [0.05, 0.1) is 5.69 Å². The lowest BCUT2D eigenvalue weighted by molar-refractivity contribution is 0.102. The average molecular weight is 265 g/mol. The summed E-state index contributed by atoms with van der Waals surface area (Å²) in [6.45, 7) is 1.63. The van der Waals surface area contributed by atoms with E-state index in [0.29, 0.717) is 10.6 Å². The number of benzene rings is 1. The van der Waals surface area contributed by atoms with Gasteiger partial charge in [-0.3, -0.25) is 9.78 Å². The number of aryl methyl sites for hydroxylation is 1. The minimum absolute atomic E-state index is 0.127. The molecule has 5 heteroatoms. The molecule has 0 radical (unpaired) electrons. The number of amides is 1. The van der Waals surface area contributed by atoms with Gasteiger partial charge in [0.25, 0.3) is 5.91 Å². The summed E-state index contributed by atoms with van der Waals surface area (Å²) in [4.78, 5) is 15.7. The molecule has 1 aromatic heterocycles. The van der Waals surface area contributed by atoms with Crippen molar-refractivity contribution < 1.29 is 9.18 Å². The number of hydrogen-bond donors (Lipinski definition) is 1. The maximum Gasteiger partial charge on any atom is 0.274 e. The Hall–Kier alpha value is -1.94. The molecule has 0 saturated heterocycles. The predicted molar refractivity (Wildman–Crippen MR) is 68.3 cm³/mol. The number of carbonyl (C=O) groups is 1. The molecule has 0 fully saturated rings. The fraction of sp³-hybridized carbons (Fsp3) is 0.0769. The van der Waals surface area contributed by atoms with Crippen molar-refractivity contribution >= 4 is 23.2 Å². The van der Waals surface area contributed by atoms with E-state index >= 15 is 0 Å². The van der Waals surface area contributed by atoms with Crippen LogP contribution in [0.25, 0.3) is 0 Å². The second-order valence-corrected chi connectivity index (χ2v) is 4.19. The standard InChI is InChI=1S/C13H10ClFN2O/c1-8-3-2-4-10(12(8)15)17-13(18)11-7-9(14)5-6-16-11/h2-7H,1H3,(H,17,18). The van der Waals surface area contributed by atoms with Crippen LogP contribution in [0.1, 0.15) is 16.1 Å². The van der Waals surface area contributed by atoms with Gasteiger partial charge >= 0.3 is 0 Å². The van der Waals surface area contributed by atoms with E-state index in [-0.39, 0.29) is 11.4 Å². The van der Waals surface area contributed by atoms with Crippen LogP contribution in [0.15, 0.2) is 36.5 Å². The molecule has 0 aliphatic heterocycles. The summed E-state index contributed by atoms with van der Waals surface area (Å²) in [5.41, 5.74) is 0.733. The van der Waals surface area contributed by atoms with E-state index < -0.39 is 11.7 Å². The number of halogens is 2. The van der Waals surface area contributed by atoms with Crippen molar-refractivity contribution in [2.75, 3.05) is 5.32 Å². The topological polar surface area (TPSA) is 42.0 Å². The van der Waals surface area contributed by atoms with Crippen molar-refractivity contribution in [3.63, 3.8) is 0 Å². The lowest BCUT2D eigenvalue weighted by Gasteiger charge is -2.07. The zero-order chi connectivity index (χ0) is 13.1. The van der Waals surface area contributed by atoms with Crippen molar-refractivity contribution in [3.8, 4) is 0 Å². The molecule has 0 bridgehead atoms. The number of hydrogen-bond acceptors (Lipinski definition) is 2. The molecule has 0 unspecified atom stereocenters. The smallest absolute Gasteiger partial charge is 0.274 e. The highest BCUT2D eigenvalue weighted by atomic mass is 35.5. The minimum atomic E-state index is -0.498. The highest BCUT2D eigenvalue weighted by Crippen LogP contribution is 2.18. The van der Waals surface area contributed by atoms with Crippen LogP contribution in [-0.2, 0) is 0 Å². The van der Waals surface area contributed by atoms with E-state index in [1.165, 1.54) is 18.3 Å². The second-order valence-electron chi connectivity index (χ2n) is 3.75. The Morgan fingerprint density at radius 1 is 1.39 bits per heavy atom. The lowest BCUT2D eigenvalue weighted by Crippen LogP contribution is -2.14. The maximum absolute atomic E-state index is 13.7. The molecule has 1 heterocycles. The summed E-state index contributed by atoms with van der Waals surface area (Å²) in [6.07, 6.45) is 1.42. The van der Waals surface area contributed by atoms with E-state index in [2.05, 4.69) is 10.3 Å². The Labute approximate surface area is 109 Å². The van der Waals surface area contributed by atoms with Crippen LogP contribution in [0.3, 0.4) is 0 Å². The van der Waals surface area contributed by atoms with Crippen molar-refractivity contribution in [3.05, 3.63) is 58.6 Å². The molecule has 2 aromatic rings. The molecule has 0 aliphatic carbocycles. The molecule has 2 rings (SSSR count). The molecular weight excluding hydrogens is 255 g/mol. The third-order valence-corrected chi connectivity index (χ3v) is 2.63. The Balaban J connectivity index is 2.24. The van der Waals surface area contributed by atoms with Crippen LogP contribution in [0, 0.1) is 12.7 Å². The number of carbonyl (C=O) groups excluding carboxylic acids is 1. The van der Waals surface area contributed by atoms with Crippen LogP contribution in [0.4, 0.5) is 10.1 Å². The molecule has 1 aromatic carbocycles. The number of aromatic nitrogens is 1. The van der Waals surface area contributed by atoms with Crippen LogP contribution < -0.4 is 5.32 Å². The van der Waals surface area contributed by atoms with Gasteiger partial charge < -0.3 is 5.32 Å². The van der Waals surface area contributed by atoms with Crippen molar-refractivity contribution in [2.45, 2.75) is 6.92 Å².